The fourth-order valence-corrected chi connectivity index (χ4v) is 10.6. The number of unbranched alkanes of at least 4 members (excludes halogenated alkanes) is 1. The van der Waals surface area contributed by atoms with Gasteiger partial charge < -0.3 is 19.6 Å². The number of hydrogen-bond donors (Lipinski definition) is 1. The molecular weight excluding hydrogens is 628 g/mol. The van der Waals surface area contributed by atoms with Crippen molar-refractivity contribution in [3.05, 3.63) is 97.1 Å². The monoisotopic (exact) mass is 666 g/mol. The van der Waals surface area contributed by atoms with Gasteiger partial charge in [0.25, 0.3) is 0 Å². The molecule has 5 rings (SSSR count). The third kappa shape index (κ3) is 6.08. The highest BCUT2D eigenvalue weighted by molar-refractivity contribution is 9.09. The van der Waals surface area contributed by atoms with E-state index in [-0.39, 0.29) is 35.1 Å². The summed E-state index contributed by atoms with van der Waals surface area (Å²) < 4.78 is 4.88. The minimum absolute atomic E-state index is 0.0637. The number of thioether (sulfide) groups is 1. The zero-order chi connectivity index (χ0) is 30.6. The molecule has 7 atom stereocenters. The van der Waals surface area contributed by atoms with Crippen LogP contribution in [0.25, 0.3) is 0 Å². The van der Waals surface area contributed by atoms with Crippen LogP contribution in [0.5, 0.6) is 0 Å². The molecule has 9 heteroatoms. The third-order valence-electron chi connectivity index (χ3n) is 8.83. The Morgan fingerprint density at radius 3 is 2.42 bits per heavy atom. The molecule has 3 aliphatic rings. The van der Waals surface area contributed by atoms with E-state index in [1.54, 1.807) is 33.7 Å². The number of alkyl halides is 1. The van der Waals surface area contributed by atoms with Crippen LogP contribution in [0.4, 0.5) is 0 Å². The van der Waals surface area contributed by atoms with Crippen molar-refractivity contribution in [2.45, 2.75) is 59.1 Å². The summed E-state index contributed by atoms with van der Waals surface area (Å²) in [5.74, 6) is -2.25. The van der Waals surface area contributed by atoms with Crippen LogP contribution < -0.4 is 0 Å². The fraction of sp³-hybridized carbons (Fsp3) is 0.441. The first-order valence-corrected chi connectivity index (χ1v) is 16.7. The molecule has 2 aromatic carbocycles. The van der Waals surface area contributed by atoms with Crippen LogP contribution in [-0.4, -0.2) is 79.4 Å². The van der Waals surface area contributed by atoms with Gasteiger partial charge in [0, 0.05) is 23.2 Å². The fourth-order valence-electron chi connectivity index (χ4n) is 7.01. The molecule has 0 aliphatic carbocycles. The molecule has 2 bridgehead atoms. The maximum absolute atomic E-state index is 14.8. The molecule has 1 N–H and O–H groups in total. The van der Waals surface area contributed by atoms with Gasteiger partial charge in [-0.1, -0.05) is 88.7 Å². The Hall–Kier alpha value is -2.88. The van der Waals surface area contributed by atoms with Gasteiger partial charge in [0.1, 0.15) is 6.04 Å². The molecule has 43 heavy (non-hydrogen) atoms. The van der Waals surface area contributed by atoms with Gasteiger partial charge in [0.2, 0.25) is 11.8 Å². The lowest BCUT2D eigenvalue weighted by Gasteiger charge is -2.40. The van der Waals surface area contributed by atoms with Crippen LogP contribution >= 0.6 is 27.7 Å². The van der Waals surface area contributed by atoms with E-state index in [0.29, 0.717) is 32.4 Å². The van der Waals surface area contributed by atoms with Crippen LogP contribution in [0.3, 0.4) is 0 Å². The summed E-state index contributed by atoms with van der Waals surface area (Å²) in [5, 5.41) is 10.5. The predicted octanol–water partition coefficient (Wildman–Crippen LogP) is 4.78. The molecule has 3 aliphatic heterocycles. The number of aliphatic hydroxyl groups excluding tert-OH is 1. The number of amides is 2. The number of aliphatic hydroxyl groups is 1. The average molecular weight is 668 g/mol. The zero-order valence-electron chi connectivity index (χ0n) is 24.2. The molecule has 0 aromatic heterocycles. The van der Waals surface area contributed by atoms with Crippen LogP contribution in [0.2, 0.25) is 0 Å². The topological polar surface area (TPSA) is 87.1 Å². The summed E-state index contributed by atoms with van der Waals surface area (Å²) in [6.45, 7) is 8.23. The number of carbonyl (C=O) groups excluding carboxylic acids is 3. The normalized spacial score (nSPS) is 27.9. The number of rotatable bonds is 14. The molecular formula is C34H39BrN2O5S. The number of hydrogen-bond acceptors (Lipinski definition) is 6. The summed E-state index contributed by atoms with van der Waals surface area (Å²) >= 11 is 5.39. The van der Waals surface area contributed by atoms with Crippen LogP contribution in [0.15, 0.2) is 86.0 Å². The minimum atomic E-state index is -0.858. The maximum atomic E-state index is 14.8. The number of esters is 1. The predicted molar refractivity (Wildman–Crippen MR) is 173 cm³/mol. The Labute approximate surface area is 266 Å². The van der Waals surface area contributed by atoms with Gasteiger partial charge in [0.05, 0.1) is 35.8 Å². The van der Waals surface area contributed by atoms with E-state index in [4.69, 9.17) is 4.74 Å². The van der Waals surface area contributed by atoms with Crippen molar-refractivity contribution in [1.82, 2.24) is 9.80 Å². The second kappa shape index (κ2) is 13.8. The van der Waals surface area contributed by atoms with Crippen LogP contribution in [-0.2, 0) is 32.1 Å². The summed E-state index contributed by atoms with van der Waals surface area (Å²) in [5.41, 5.74) is 1.92. The summed E-state index contributed by atoms with van der Waals surface area (Å²) in [6.07, 6.45) is 5.81. The Kier molecular flexibility index (Phi) is 10.1. The lowest BCUT2D eigenvalue weighted by Crippen LogP contribution is -2.58. The van der Waals surface area contributed by atoms with Crippen molar-refractivity contribution < 1.29 is 24.2 Å². The number of ether oxygens (including phenoxy) is 1. The van der Waals surface area contributed by atoms with Gasteiger partial charge in [-0.25, -0.2) is 0 Å². The number of benzene rings is 2. The Morgan fingerprint density at radius 1 is 1.12 bits per heavy atom. The lowest BCUT2D eigenvalue weighted by molar-refractivity contribution is -0.154. The molecule has 7 nitrogen and oxygen atoms in total. The largest absolute Gasteiger partial charge is 0.465 e. The second-order valence-corrected chi connectivity index (χ2v) is 14.2. The van der Waals surface area contributed by atoms with Crippen molar-refractivity contribution in [2.24, 2.45) is 11.8 Å². The van der Waals surface area contributed by atoms with Gasteiger partial charge in [-0.3, -0.25) is 14.4 Å². The van der Waals surface area contributed by atoms with Gasteiger partial charge in [-0.2, -0.15) is 0 Å². The molecule has 2 aromatic rings. The number of fused-ring (bicyclic) bond motifs is 1. The number of likely N-dealkylation sites (tertiary alicyclic amines) is 1. The molecule has 1 spiro atoms. The van der Waals surface area contributed by atoms with Gasteiger partial charge >= 0.3 is 5.97 Å². The lowest BCUT2D eigenvalue weighted by atomic mass is 9.71. The Bertz CT molecular complexity index is 1330. The van der Waals surface area contributed by atoms with E-state index < -0.39 is 34.6 Å². The molecule has 3 heterocycles. The molecule has 228 valence electrons. The van der Waals surface area contributed by atoms with E-state index in [2.05, 4.69) is 29.1 Å². The number of halogens is 1. The van der Waals surface area contributed by atoms with Crippen LogP contribution in [0.1, 0.15) is 30.4 Å². The standard InChI is InChI=1S/C34H39BrN2O5S/c1-3-5-12-18-42-33(41)27-28-31(39)37(25(22-38)19-23-13-8-6-9-14-23)30(34(28)20-26(35)29(27)43-34)32(40)36(17-4-2)21-24-15-10-7-11-16-24/h3-4,6-11,13-16,25-30,38H,1-2,5,12,17-22H2/t25-,26?,27+,28+,29+,30?,34?/m1/s1. The van der Waals surface area contributed by atoms with E-state index in [1.165, 1.54) is 0 Å². The first kappa shape index (κ1) is 31.5. The maximum Gasteiger partial charge on any atom is 0.310 e. The van der Waals surface area contributed by atoms with Gasteiger partial charge in [-0.15, -0.1) is 24.9 Å². The van der Waals surface area contributed by atoms with Crippen molar-refractivity contribution in [3.63, 3.8) is 0 Å². The molecule has 2 amide bonds. The summed E-state index contributed by atoms with van der Waals surface area (Å²) in [6, 6.07) is 17.9. The van der Waals surface area contributed by atoms with E-state index >= 15 is 0 Å². The average Bonchev–Trinajstić information content (AvgIpc) is 3.62. The zero-order valence-corrected chi connectivity index (χ0v) is 26.6. The minimum Gasteiger partial charge on any atom is -0.465 e. The highest BCUT2D eigenvalue weighted by Gasteiger charge is 2.76. The number of carbonyl (C=O) groups is 3. The number of allylic oxidation sites excluding steroid dienone is 1. The quantitative estimate of drug-likeness (QED) is 0.135. The number of nitrogens with zero attached hydrogens (tertiary/aromatic N) is 2. The molecule has 3 saturated heterocycles. The van der Waals surface area contributed by atoms with E-state index in [1.807, 2.05) is 60.7 Å². The van der Waals surface area contributed by atoms with Crippen LogP contribution in [0, 0.1) is 11.8 Å². The highest BCUT2D eigenvalue weighted by atomic mass is 79.9. The van der Waals surface area contributed by atoms with Crippen molar-refractivity contribution in [2.75, 3.05) is 19.8 Å². The molecule has 0 saturated carbocycles. The van der Waals surface area contributed by atoms with Crippen molar-refractivity contribution in [3.8, 4) is 0 Å². The third-order valence-corrected chi connectivity index (χ3v) is 12.0. The molecule has 3 fully saturated rings. The Morgan fingerprint density at radius 2 is 1.79 bits per heavy atom. The van der Waals surface area contributed by atoms with E-state index in [0.717, 1.165) is 17.5 Å². The highest BCUT2D eigenvalue weighted by Crippen LogP contribution is 2.68. The first-order valence-electron chi connectivity index (χ1n) is 14.9. The van der Waals surface area contributed by atoms with E-state index in [9.17, 15) is 19.5 Å². The summed E-state index contributed by atoms with van der Waals surface area (Å²) in [7, 11) is 0. The summed E-state index contributed by atoms with van der Waals surface area (Å²) in [4.78, 5) is 46.3. The SMILES string of the molecule is C=CCCCOC(=O)[C@H]1[C@H]2C(=O)N([C@@H](CO)Cc3ccccc3)C(C(=O)N(CC=C)Cc3ccccc3)C23CC(Br)[C@@H]1S3. The van der Waals surface area contributed by atoms with Crippen molar-refractivity contribution >= 4 is 45.5 Å². The van der Waals surface area contributed by atoms with Gasteiger partial charge in [-0.05, 0) is 36.8 Å². The Balaban J connectivity index is 1.54. The smallest absolute Gasteiger partial charge is 0.310 e. The van der Waals surface area contributed by atoms with Gasteiger partial charge in [0.15, 0.2) is 0 Å². The first-order chi connectivity index (χ1) is 20.9. The van der Waals surface area contributed by atoms with Crippen molar-refractivity contribution in [1.29, 1.82) is 0 Å². The second-order valence-electron chi connectivity index (χ2n) is 11.5. The molecule has 0 radical (unpaired) electrons. The molecule has 3 unspecified atom stereocenters.